The summed E-state index contributed by atoms with van der Waals surface area (Å²) in [6.45, 7) is 4.81. The molecule has 170 valence electrons. The summed E-state index contributed by atoms with van der Waals surface area (Å²) in [6, 6.07) is 9.21. The molecule has 3 aromatic rings. The molecule has 0 spiro atoms. The number of carbonyl (C=O) groups is 1. The normalized spacial score (nSPS) is 10.8. The number of methoxy groups -OCH3 is 2. The Hall–Kier alpha value is -3.52. The molecule has 32 heavy (non-hydrogen) atoms. The molecule has 8 nitrogen and oxygen atoms in total. The molecule has 0 fully saturated rings. The Bertz CT molecular complexity index is 1110. The molecule has 0 aliphatic carbocycles. The minimum Gasteiger partial charge on any atom is -0.493 e. The van der Waals surface area contributed by atoms with Gasteiger partial charge >= 0.3 is 6.09 Å². The molecule has 0 atom stereocenters. The van der Waals surface area contributed by atoms with E-state index in [1.807, 2.05) is 57.1 Å². The lowest BCUT2D eigenvalue weighted by molar-refractivity contribution is 0.151. The molecule has 1 aromatic heterocycles. The molecule has 0 unspecified atom stereocenters. The van der Waals surface area contributed by atoms with Crippen molar-refractivity contribution < 1.29 is 23.7 Å². The number of carbonyl (C=O) groups excluding carboxylic acids is 1. The molecule has 2 aromatic carbocycles. The van der Waals surface area contributed by atoms with Gasteiger partial charge in [-0.3, -0.25) is 10.3 Å². The van der Waals surface area contributed by atoms with Crippen molar-refractivity contribution in [2.24, 2.45) is 0 Å². The molecule has 0 bridgehead atoms. The van der Waals surface area contributed by atoms with Crippen LogP contribution in [-0.4, -0.2) is 57.4 Å². The van der Waals surface area contributed by atoms with Crippen molar-refractivity contribution in [1.29, 1.82) is 0 Å². The predicted molar refractivity (Wildman–Crippen MR) is 124 cm³/mol. The van der Waals surface area contributed by atoms with Crippen molar-refractivity contribution >= 4 is 22.7 Å². The fourth-order valence-electron chi connectivity index (χ4n) is 3.16. The van der Waals surface area contributed by atoms with Crippen molar-refractivity contribution in [3.63, 3.8) is 0 Å². The molecular weight excluding hydrogens is 410 g/mol. The molecule has 1 amide bonds. The van der Waals surface area contributed by atoms with Gasteiger partial charge in [0.2, 0.25) is 0 Å². The number of likely N-dealkylation sites (N-methyl/N-ethyl adjacent to an activating group) is 1. The topological polar surface area (TPSA) is 82.2 Å². The van der Waals surface area contributed by atoms with Crippen molar-refractivity contribution in [1.82, 2.24) is 9.88 Å². The molecular formula is C24H29N3O5. The van der Waals surface area contributed by atoms with Gasteiger partial charge in [0.25, 0.3) is 0 Å². The lowest BCUT2D eigenvalue weighted by Crippen LogP contribution is -2.22. The number of nitrogens with zero attached hydrogens (tertiary/aromatic N) is 2. The first kappa shape index (κ1) is 23.1. The quantitative estimate of drug-likeness (QED) is 0.541. The Morgan fingerprint density at radius 2 is 1.69 bits per heavy atom. The van der Waals surface area contributed by atoms with Gasteiger partial charge in [0.1, 0.15) is 18.1 Å². The van der Waals surface area contributed by atoms with E-state index in [1.165, 1.54) is 0 Å². The summed E-state index contributed by atoms with van der Waals surface area (Å²) in [5.74, 6) is 2.52. The van der Waals surface area contributed by atoms with Crippen LogP contribution in [0.25, 0.3) is 10.9 Å². The molecule has 1 heterocycles. The van der Waals surface area contributed by atoms with Crippen LogP contribution in [0, 0.1) is 13.8 Å². The Balaban J connectivity index is 1.83. The number of hydrogen-bond donors (Lipinski definition) is 1. The Morgan fingerprint density at radius 3 is 2.38 bits per heavy atom. The zero-order chi connectivity index (χ0) is 23.3. The summed E-state index contributed by atoms with van der Waals surface area (Å²) in [6.07, 6.45) is 1.20. The standard InChI is InChI=1S/C24H29N3O5/c1-15-12-21(16(2)11-18(15)26-24(28)31-10-9-27(3)4)32-20-7-8-25-19-14-23(30-6)22(29-5)13-17(19)20/h7-8,11-14H,9-10H2,1-6H3,(H,26,28). The van der Waals surface area contributed by atoms with Gasteiger partial charge in [-0.15, -0.1) is 0 Å². The number of anilines is 1. The van der Waals surface area contributed by atoms with E-state index < -0.39 is 6.09 Å². The first-order valence-electron chi connectivity index (χ1n) is 10.2. The van der Waals surface area contributed by atoms with E-state index in [2.05, 4.69) is 10.3 Å². The predicted octanol–water partition coefficient (Wildman–Crippen LogP) is 4.77. The molecule has 8 heteroatoms. The third kappa shape index (κ3) is 5.39. The smallest absolute Gasteiger partial charge is 0.411 e. The number of rotatable bonds is 8. The number of nitrogens with one attached hydrogen (secondary N) is 1. The molecule has 0 saturated heterocycles. The zero-order valence-corrected chi connectivity index (χ0v) is 19.3. The van der Waals surface area contributed by atoms with Crippen LogP contribution in [-0.2, 0) is 4.74 Å². The minimum atomic E-state index is -0.482. The lowest BCUT2D eigenvalue weighted by Gasteiger charge is -2.16. The molecule has 0 aliphatic heterocycles. The molecule has 1 N–H and O–H groups in total. The van der Waals surface area contributed by atoms with Gasteiger partial charge in [0.15, 0.2) is 11.5 Å². The van der Waals surface area contributed by atoms with Crippen LogP contribution in [0.4, 0.5) is 10.5 Å². The summed E-state index contributed by atoms with van der Waals surface area (Å²) < 4.78 is 22.2. The fourth-order valence-corrected chi connectivity index (χ4v) is 3.16. The Labute approximate surface area is 188 Å². The summed E-state index contributed by atoms with van der Waals surface area (Å²) in [7, 11) is 7.02. The second kappa shape index (κ2) is 10.2. The van der Waals surface area contributed by atoms with E-state index in [0.717, 1.165) is 22.0 Å². The van der Waals surface area contributed by atoms with Crippen molar-refractivity contribution in [3.8, 4) is 23.0 Å². The van der Waals surface area contributed by atoms with Crippen molar-refractivity contribution in [2.45, 2.75) is 13.8 Å². The highest BCUT2D eigenvalue weighted by molar-refractivity contribution is 5.89. The van der Waals surface area contributed by atoms with E-state index in [-0.39, 0.29) is 0 Å². The van der Waals surface area contributed by atoms with Crippen LogP contribution in [0.15, 0.2) is 36.5 Å². The highest BCUT2D eigenvalue weighted by Crippen LogP contribution is 2.38. The van der Waals surface area contributed by atoms with Gasteiger partial charge in [0, 0.05) is 29.9 Å². The maximum atomic E-state index is 12.1. The second-order valence-corrected chi connectivity index (χ2v) is 7.63. The highest BCUT2D eigenvalue weighted by Gasteiger charge is 2.14. The van der Waals surface area contributed by atoms with Crippen LogP contribution in [0.2, 0.25) is 0 Å². The molecule has 0 aliphatic rings. The second-order valence-electron chi connectivity index (χ2n) is 7.63. The maximum Gasteiger partial charge on any atom is 0.411 e. The van der Waals surface area contributed by atoms with Crippen molar-refractivity contribution in [2.75, 3.05) is 46.8 Å². The van der Waals surface area contributed by atoms with Crippen LogP contribution in [0.3, 0.4) is 0 Å². The molecule has 3 rings (SSSR count). The van der Waals surface area contributed by atoms with Gasteiger partial charge in [-0.05, 0) is 63.3 Å². The summed E-state index contributed by atoms with van der Waals surface area (Å²) in [5, 5.41) is 3.60. The average molecular weight is 440 g/mol. The monoisotopic (exact) mass is 439 g/mol. The number of pyridine rings is 1. The first-order valence-corrected chi connectivity index (χ1v) is 10.2. The average Bonchev–Trinajstić information content (AvgIpc) is 2.76. The number of hydrogen-bond acceptors (Lipinski definition) is 7. The number of aromatic nitrogens is 1. The third-order valence-electron chi connectivity index (χ3n) is 4.96. The molecule has 0 radical (unpaired) electrons. The van der Waals surface area contributed by atoms with Gasteiger partial charge in [-0.25, -0.2) is 4.79 Å². The summed E-state index contributed by atoms with van der Waals surface area (Å²) in [4.78, 5) is 18.4. The maximum absolute atomic E-state index is 12.1. The number of fused-ring (bicyclic) bond motifs is 1. The zero-order valence-electron chi connectivity index (χ0n) is 19.3. The number of ether oxygens (including phenoxy) is 4. The third-order valence-corrected chi connectivity index (χ3v) is 4.96. The van der Waals surface area contributed by atoms with E-state index in [4.69, 9.17) is 18.9 Å². The number of aryl methyl sites for hydroxylation is 2. The number of amides is 1. The van der Waals surface area contributed by atoms with Gasteiger partial charge < -0.3 is 23.8 Å². The van der Waals surface area contributed by atoms with E-state index in [1.54, 1.807) is 26.5 Å². The van der Waals surface area contributed by atoms with E-state index in [0.29, 0.717) is 41.8 Å². The number of benzene rings is 2. The summed E-state index contributed by atoms with van der Waals surface area (Å²) >= 11 is 0. The Morgan fingerprint density at radius 1 is 0.969 bits per heavy atom. The van der Waals surface area contributed by atoms with Gasteiger partial charge in [0.05, 0.1) is 19.7 Å². The SMILES string of the molecule is COc1cc2nccc(Oc3cc(C)c(NC(=O)OCCN(C)C)cc3C)c2cc1OC. The van der Waals surface area contributed by atoms with Crippen LogP contribution >= 0.6 is 0 Å². The van der Waals surface area contributed by atoms with Gasteiger partial charge in [-0.1, -0.05) is 0 Å². The van der Waals surface area contributed by atoms with E-state index >= 15 is 0 Å². The largest absolute Gasteiger partial charge is 0.493 e. The van der Waals surface area contributed by atoms with Crippen LogP contribution < -0.4 is 19.5 Å². The first-order chi connectivity index (χ1) is 15.3. The minimum absolute atomic E-state index is 0.321. The van der Waals surface area contributed by atoms with Crippen LogP contribution in [0.5, 0.6) is 23.0 Å². The fraction of sp³-hybridized carbons (Fsp3) is 0.333. The van der Waals surface area contributed by atoms with Crippen molar-refractivity contribution in [3.05, 3.63) is 47.7 Å². The van der Waals surface area contributed by atoms with E-state index in [9.17, 15) is 4.79 Å². The molecule has 0 saturated carbocycles. The Kier molecular flexibility index (Phi) is 7.37. The van der Waals surface area contributed by atoms with Gasteiger partial charge in [-0.2, -0.15) is 0 Å². The lowest BCUT2D eigenvalue weighted by atomic mass is 10.1. The van der Waals surface area contributed by atoms with Crippen LogP contribution in [0.1, 0.15) is 11.1 Å². The summed E-state index contributed by atoms with van der Waals surface area (Å²) in [5.41, 5.74) is 3.13. The highest BCUT2D eigenvalue weighted by atomic mass is 16.5.